The van der Waals surface area contributed by atoms with Crippen LogP contribution >= 0.6 is 11.8 Å². The zero-order chi connectivity index (χ0) is 29.5. The summed E-state index contributed by atoms with van der Waals surface area (Å²) in [5.74, 6) is -6.82. The van der Waals surface area contributed by atoms with Gasteiger partial charge in [-0.25, -0.2) is 4.79 Å². The zero-order valence-corrected chi connectivity index (χ0v) is 21.5. The fourth-order valence-electron chi connectivity index (χ4n) is 4.21. The van der Waals surface area contributed by atoms with Crippen LogP contribution in [-0.4, -0.2) is 70.7 Å². The molecule has 3 aromatic rings. The van der Waals surface area contributed by atoms with E-state index in [1.165, 1.54) is 13.0 Å². The van der Waals surface area contributed by atoms with Gasteiger partial charge < -0.3 is 56.1 Å². The smallest absolute Gasteiger partial charge is 0.338 e. The first-order valence-electron chi connectivity index (χ1n) is 11.6. The van der Waals surface area contributed by atoms with Crippen molar-refractivity contribution in [2.45, 2.75) is 30.4 Å². The molecule has 212 valence electrons. The molecule has 1 aliphatic rings. The molecule has 0 amide bonds. The molecule has 14 heteroatoms. The van der Waals surface area contributed by atoms with Crippen molar-refractivity contribution < 1.29 is 59.9 Å². The SMILES string of the molecule is Cc1cc(C(=O)O[C@H]2[C@@H](c3cc(O)c(O)c(O)c3)Oc3cc(O)cc(O)c3[C@@H]2SCC(N)C(=O)O)cc(O)c1O. The number of fused-ring (bicyclic) bond motifs is 1. The Kier molecular flexibility index (Phi) is 7.66. The number of nitrogens with two attached hydrogens (primary N) is 1. The van der Waals surface area contributed by atoms with E-state index in [1.807, 2.05) is 0 Å². The van der Waals surface area contributed by atoms with Crippen molar-refractivity contribution >= 4 is 23.7 Å². The molecule has 0 aliphatic carbocycles. The second-order valence-corrected chi connectivity index (χ2v) is 10.2. The van der Waals surface area contributed by atoms with Crippen molar-refractivity contribution in [2.24, 2.45) is 5.73 Å². The number of aryl methyl sites for hydroxylation is 1. The first-order chi connectivity index (χ1) is 18.8. The number of hydrogen-bond donors (Lipinski definition) is 9. The second-order valence-electron chi connectivity index (χ2n) is 9.05. The summed E-state index contributed by atoms with van der Waals surface area (Å²) in [5, 5.41) is 79.0. The third kappa shape index (κ3) is 5.39. The number of carbonyl (C=O) groups excluding carboxylic acids is 1. The van der Waals surface area contributed by atoms with Gasteiger partial charge in [0.05, 0.1) is 16.4 Å². The van der Waals surface area contributed by atoms with Gasteiger partial charge in [-0.1, -0.05) is 0 Å². The molecule has 0 saturated heterocycles. The molecule has 0 fully saturated rings. The maximum absolute atomic E-state index is 13.3. The number of aliphatic carboxylic acids is 1. The highest BCUT2D eigenvalue weighted by atomic mass is 32.2. The van der Waals surface area contributed by atoms with Gasteiger partial charge in [0.2, 0.25) is 0 Å². The Morgan fingerprint density at radius 2 is 1.55 bits per heavy atom. The monoisotopic (exact) mass is 575 g/mol. The average molecular weight is 576 g/mol. The fourth-order valence-corrected chi connectivity index (χ4v) is 5.56. The lowest BCUT2D eigenvalue weighted by Crippen LogP contribution is -2.39. The normalized spacial score (nSPS) is 18.8. The molecule has 4 rings (SSSR count). The number of hydrogen-bond acceptors (Lipinski definition) is 13. The van der Waals surface area contributed by atoms with Gasteiger partial charge >= 0.3 is 11.9 Å². The summed E-state index contributed by atoms with van der Waals surface area (Å²) in [7, 11) is 0. The minimum atomic E-state index is -1.42. The van der Waals surface area contributed by atoms with Crippen LogP contribution < -0.4 is 10.5 Å². The number of phenolic OH excluding ortho intramolecular Hbond substituents is 7. The summed E-state index contributed by atoms with van der Waals surface area (Å²) in [4.78, 5) is 24.7. The predicted octanol–water partition coefficient (Wildman–Crippen LogP) is 2.48. The van der Waals surface area contributed by atoms with E-state index in [4.69, 9.17) is 15.2 Å². The molecule has 3 aromatic carbocycles. The molecule has 1 unspecified atom stereocenters. The highest BCUT2D eigenvalue weighted by Gasteiger charge is 2.45. The van der Waals surface area contributed by atoms with E-state index in [0.29, 0.717) is 0 Å². The summed E-state index contributed by atoms with van der Waals surface area (Å²) in [6, 6.07) is 5.10. The molecule has 13 nitrogen and oxygen atoms in total. The van der Waals surface area contributed by atoms with Crippen molar-refractivity contribution in [3.8, 4) is 46.0 Å². The van der Waals surface area contributed by atoms with Gasteiger partial charge in [-0.05, 0) is 36.8 Å². The van der Waals surface area contributed by atoms with Gasteiger partial charge in [0.15, 0.2) is 41.0 Å². The average Bonchev–Trinajstić information content (AvgIpc) is 2.88. The van der Waals surface area contributed by atoms with Gasteiger partial charge in [-0.15, -0.1) is 11.8 Å². The highest BCUT2D eigenvalue weighted by molar-refractivity contribution is 7.99. The van der Waals surface area contributed by atoms with Crippen LogP contribution in [-0.2, 0) is 9.53 Å². The Bertz CT molecular complexity index is 1450. The van der Waals surface area contributed by atoms with Crippen LogP contribution in [0.3, 0.4) is 0 Å². The molecule has 1 aliphatic heterocycles. The second kappa shape index (κ2) is 10.8. The van der Waals surface area contributed by atoms with E-state index >= 15 is 0 Å². The van der Waals surface area contributed by atoms with Crippen molar-refractivity contribution in [3.05, 3.63) is 58.7 Å². The number of carbonyl (C=O) groups is 2. The largest absolute Gasteiger partial charge is 0.508 e. The van der Waals surface area contributed by atoms with E-state index in [1.54, 1.807) is 0 Å². The van der Waals surface area contributed by atoms with Crippen molar-refractivity contribution in [2.75, 3.05) is 5.75 Å². The van der Waals surface area contributed by atoms with Crippen molar-refractivity contribution in [3.63, 3.8) is 0 Å². The summed E-state index contributed by atoms with van der Waals surface area (Å²) < 4.78 is 11.8. The number of esters is 1. The Morgan fingerprint density at radius 3 is 2.15 bits per heavy atom. The summed E-state index contributed by atoms with van der Waals surface area (Å²) >= 11 is 0.892. The van der Waals surface area contributed by atoms with Crippen molar-refractivity contribution in [1.29, 1.82) is 0 Å². The Morgan fingerprint density at radius 1 is 0.925 bits per heavy atom. The van der Waals surface area contributed by atoms with E-state index in [2.05, 4.69) is 0 Å². The van der Waals surface area contributed by atoms with Gasteiger partial charge in [-0.3, -0.25) is 4.79 Å². The van der Waals surface area contributed by atoms with E-state index in [-0.39, 0.29) is 39.5 Å². The highest BCUT2D eigenvalue weighted by Crippen LogP contribution is 2.54. The van der Waals surface area contributed by atoms with E-state index in [0.717, 1.165) is 42.1 Å². The Balaban J connectivity index is 1.87. The van der Waals surface area contributed by atoms with Gasteiger partial charge in [0, 0.05) is 23.4 Å². The standard InChI is InChI=1S/C26H25NO12S/c1-9-2-11(5-15(30)20(9)33)26(37)39-23-22(10-3-16(31)21(34)17(32)4-10)38-18-7-12(28)6-14(29)19(18)24(23)40-8-13(27)25(35)36/h2-7,13,22-24,28-34H,8,27H2,1H3,(H,35,36)/t13?,22-,23+,24+/m1/s1. The number of aromatic hydroxyl groups is 7. The molecule has 0 saturated carbocycles. The van der Waals surface area contributed by atoms with Gasteiger partial charge in [0.1, 0.15) is 23.3 Å². The fraction of sp³-hybridized carbons (Fsp3) is 0.231. The van der Waals surface area contributed by atoms with Crippen LogP contribution in [0, 0.1) is 6.92 Å². The summed E-state index contributed by atoms with van der Waals surface area (Å²) in [6.07, 6.45) is -2.78. The van der Waals surface area contributed by atoms with Gasteiger partial charge in [-0.2, -0.15) is 0 Å². The van der Waals surface area contributed by atoms with Crippen LogP contribution in [0.1, 0.15) is 38.4 Å². The van der Waals surface area contributed by atoms with E-state index in [9.17, 15) is 50.4 Å². The third-order valence-electron chi connectivity index (χ3n) is 6.19. The lowest BCUT2D eigenvalue weighted by atomic mass is 9.92. The maximum atomic E-state index is 13.3. The number of ether oxygens (including phenoxy) is 2. The van der Waals surface area contributed by atoms with Crippen LogP contribution in [0.5, 0.6) is 46.0 Å². The minimum absolute atomic E-state index is 0.00282. The molecule has 0 bridgehead atoms. The lowest BCUT2D eigenvalue weighted by Gasteiger charge is -2.39. The van der Waals surface area contributed by atoms with Crippen LogP contribution in [0.25, 0.3) is 0 Å². The molecule has 40 heavy (non-hydrogen) atoms. The van der Waals surface area contributed by atoms with Crippen LogP contribution in [0.15, 0.2) is 36.4 Å². The first-order valence-corrected chi connectivity index (χ1v) is 12.6. The predicted molar refractivity (Wildman–Crippen MR) is 139 cm³/mol. The molecule has 1 heterocycles. The van der Waals surface area contributed by atoms with E-state index < -0.39 is 69.9 Å². The number of phenols is 7. The number of benzene rings is 3. The molecule has 0 aromatic heterocycles. The maximum Gasteiger partial charge on any atom is 0.338 e. The Labute approximate surface area is 230 Å². The van der Waals surface area contributed by atoms with Crippen LogP contribution in [0.4, 0.5) is 0 Å². The first kappa shape index (κ1) is 28.3. The summed E-state index contributed by atoms with van der Waals surface area (Å²) in [6.45, 7) is 1.44. The number of carboxylic acids is 1. The molecule has 4 atom stereocenters. The third-order valence-corrected chi connectivity index (χ3v) is 7.61. The quantitative estimate of drug-likeness (QED) is 0.145. The molecule has 0 spiro atoms. The molecule has 10 N–H and O–H groups in total. The number of carboxylic acid groups (broad SMARTS) is 1. The van der Waals surface area contributed by atoms with Crippen LogP contribution in [0.2, 0.25) is 0 Å². The minimum Gasteiger partial charge on any atom is -0.508 e. The molecular weight excluding hydrogens is 550 g/mol. The molecular formula is C26H25NO12S. The zero-order valence-electron chi connectivity index (χ0n) is 20.7. The molecule has 0 radical (unpaired) electrons. The van der Waals surface area contributed by atoms with Crippen molar-refractivity contribution in [1.82, 2.24) is 0 Å². The Hall–Kier alpha value is -4.69. The lowest BCUT2D eigenvalue weighted by molar-refractivity contribution is -0.137. The summed E-state index contributed by atoms with van der Waals surface area (Å²) in [5.41, 5.74) is 5.72. The topological polar surface area (TPSA) is 240 Å². The number of thioether (sulfide) groups is 1. The number of rotatable bonds is 7. The van der Waals surface area contributed by atoms with Gasteiger partial charge in [0.25, 0.3) is 0 Å².